The Morgan fingerprint density at radius 1 is 1.18 bits per heavy atom. The van der Waals surface area contributed by atoms with Gasteiger partial charge in [0.25, 0.3) is 0 Å². The van der Waals surface area contributed by atoms with Crippen LogP contribution in [0.2, 0.25) is 0 Å². The normalized spacial score (nSPS) is 14.4. The van der Waals surface area contributed by atoms with Crippen molar-refractivity contribution in [1.82, 2.24) is 0 Å². The lowest BCUT2D eigenvalue weighted by Crippen LogP contribution is -2.38. The second-order valence-electron chi connectivity index (χ2n) is 4.72. The number of carbonyl (C=O) groups is 1. The molecule has 0 radical (unpaired) electrons. The van der Waals surface area contributed by atoms with E-state index in [4.69, 9.17) is 4.74 Å². The summed E-state index contributed by atoms with van der Waals surface area (Å²) in [5, 5.41) is 0. The molecule has 0 aliphatic rings. The van der Waals surface area contributed by atoms with Crippen LogP contribution in [-0.2, 0) is 4.74 Å². The third-order valence-electron chi connectivity index (χ3n) is 3.10. The highest BCUT2D eigenvalue weighted by molar-refractivity contribution is 6.02. The van der Waals surface area contributed by atoms with Crippen LogP contribution in [0.4, 0.5) is 0 Å². The molecule has 1 aromatic carbocycles. The topological polar surface area (TPSA) is 26.3 Å². The minimum absolute atomic E-state index is 0.0775. The molecule has 94 valence electrons. The number of hydrogen-bond acceptors (Lipinski definition) is 2. The zero-order chi connectivity index (χ0) is 13.1. The summed E-state index contributed by atoms with van der Waals surface area (Å²) in [7, 11) is 0. The first-order valence-corrected chi connectivity index (χ1v) is 6.20. The number of ether oxygens (including phenoxy) is 1. The van der Waals surface area contributed by atoms with Gasteiger partial charge in [0.1, 0.15) is 5.60 Å². The first-order chi connectivity index (χ1) is 7.92. The van der Waals surface area contributed by atoms with Crippen molar-refractivity contribution in [3.8, 4) is 0 Å². The van der Waals surface area contributed by atoms with Crippen molar-refractivity contribution in [2.24, 2.45) is 0 Å². The summed E-state index contributed by atoms with van der Waals surface area (Å²) in [6.07, 6.45) is 0.687. The molecule has 0 aliphatic heterocycles. The summed E-state index contributed by atoms with van der Waals surface area (Å²) >= 11 is 0. The van der Waals surface area contributed by atoms with Crippen LogP contribution in [0.5, 0.6) is 0 Å². The van der Waals surface area contributed by atoms with E-state index in [1.54, 1.807) is 0 Å². The third kappa shape index (κ3) is 3.16. The fraction of sp³-hybridized carbons (Fsp3) is 0.533. The molecule has 2 nitrogen and oxygen atoms in total. The van der Waals surface area contributed by atoms with Gasteiger partial charge in [0.2, 0.25) is 0 Å². The Labute approximate surface area is 104 Å². The Morgan fingerprint density at radius 3 is 2.12 bits per heavy atom. The SMILES string of the molecule is CCOC(C)(CC)C(=O)c1cc(C)cc(C)c1. The fourth-order valence-corrected chi connectivity index (χ4v) is 2.06. The molecule has 1 rings (SSSR count). The fourth-order valence-electron chi connectivity index (χ4n) is 2.06. The van der Waals surface area contributed by atoms with Crippen LogP contribution in [0.1, 0.15) is 48.7 Å². The molecule has 0 heterocycles. The number of Topliss-reactive ketones (excluding diaryl/α,β-unsaturated/α-hetero) is 1. The van der Waals surface area contributed by atoms with Crippen LogP contribution in [0, 0.1) is 13.8 Å². The number of rotatable bonds is 5. The summed E-state index contributed by atoms with van der Waals surface area (Å²) < 4.78 is 5.63. The minimum atomic E-state index is -0.699. The average Bonchev–Trinajstić information content (AvgIpc) is 2.27. The molecule has 0 saturated carbocycles. The Hall–Kier alpha value is -1.15. The molecule has 0 fully saturated rings. The maximum absolute atomic E-state index is 12.5. The summed E-state index contributed by atoms with van der Waals surface area (Å²) in [5.74, 6) is 0.0775. The second-order valence-corrected chi connectivity index (χ2v) is 4.72. The highest BCUT2D eigenvalue weighted by atomic mass is 16.5. The quantitative estimate of drug-likeness (QED) is 0.726. The van der Waals surface area contributed by atoms with Crippen LogP contribution in [0.15, 0.2) is 18.2 Å². The number of hydrogen-bond donors (Lipinski definition) is 0. The largest absolute Gasteiger partial charge is 0.367 e. The molecule has 17 heavy (non-hydrogen) atoms. The van der Waals surface area contributed by atoms with Crippen molar-refractivity contribution in [2.45, 2.75) is 46.6 Å². The number of benzene rings is 1. The minimum Gasteiger partial charge on any atom is -0.367 e. The lowest BCUT2D eigenvalue weighted by molar-refractivity contribution is -0.0116. The van der Waals surface area contributed by atoms with Crippen LogP contribution >= 0.6 is 0 Å². The Morgan fingerprint density at radius 2 is 1.71 bits per heavy atom. The van der Waals surface area contributed by atoms with Crippen molar-refractivity contribution in [3.63, 3.8) is 0 Å². The van der Waals surface area contributed by atoms with Gasteiger partial charge in [-0.15, -0.1) is 0 Å². The average molecular weight is 234 g/mol. The van der Waals surface area contributed by atoms with Crippen molar-refractivity contribution in [2.75, 3.05) is 6.61 Å². The van der Waals surface area contributed by atoms with Crippen LogP contribution in [-0.4, -0.2) is 18.0 Å². The molecule has 1 atom stereocenters. The Bertz CT molecular complexity index is 389. The third-order valence-corrected chi connectivity index (χ3v) is 3.10. The van der Waals surface area contributed by atoms with E-state index in [1.165, 1.54) is 0 Å². The van der Waals surface area contributed by atoms with E-state index in [9.17, 15) is 4.79 Å². The maximum Gasteiger partial charge on any atom is 0.194 e. The zero-order valence-corrected chi connectivity index (χ0v) is 11.5. The lowest BCUT2D eigenvalue weighted by atomic mass is 9.90. The van der Waals surface area contributed by atoms with Gasteiger partial charge in [-0.05, 0) is 46.2 Å². The molecule has 0 aliphatic carbocycles. The van der Waals surface area contributed by atoms with Gasteiger partial charge >= 0.3 is 0 Å². The summed E-state index contributed by atoms with van der Waals surface area (Å²) in [6, 6.07) is 5.94. The Balaban J connectivity index is 3.10. The molecule has 0 saturated heterocycles. The molecule has 0 aromatic heterocycles. The molecule has 1 unspecified atom stereocenters. The van der Waals surface area contributed by atoms with Gasteiger partial charge in [0.05, 0.1) is 0 Å². The number of carbonyl (C=O) groups excluding carboxylic acids is 1. The van der Waals surface area contributed by atoms with E-state index in [2.05, 4.69) is 6.07 Å². The standard InChI is InChI=1S/C15H22O2/c1-6-15(5,17-7-2)14(16)13-9-11(3)8-12(4)10-13/h8-10H,6-7H2,1-5H3. The van der Waals surface area contributed by atoms with Crippen molar-refractivity contribution >= 4 is 5.78 Å². The van der Waals surface area contributed by atoms with E-state index >= 15 is 0 Å². The molecule has 2 heteroatoms. The molecule has 0 amide bonds. The molecular weight excluding hydrogens is 212 g/mol. The summed E-state index contributed by atoms with van der Waals surface area (Å²) in [5.41, 5.74) is 2.28. The van der Waals surface area contributed by atoms with Gasteiger partial charge in [-0.25, -0.2) is 0 Å². The highest BCUT2D eigenvalue weighted by Gasteiger charge is 2.32. The number of aryl methyl sites for hydroxylation is 2. The smallest absolute Gasteiger partial charge is 0.194 e. The molecule has 0 N–H and O–H groups in total. The van der Waals surface area contributed by atoms with Crippen LogP contribution in [0.3, 0.4) is 0 Å². The van der Waals surface area contributed by atoms with Gasteiger partial charge in [-0.1, -0.05) is 24.1 Å². The Kier molecular flexibility index (Phi) is 4.47. The lowest BCUT2D eigenvalue weighted by Gasteiger charge is -2.26. The van der Waals surface area contributed by atoms with Crippen molar-refractivity contribution in [1.29, 1.82) is 0 Å². The summed E-state index contributed by atoms with van der Waals surface area (Å²) in [4.78, 5) is 12.5. The molecule has 0 spiro atoms. The molecule has 0 bridgehead atoms. The zero-order valence-electron chi connectivity index (χ0n) is 11.5. The van der Waals surface area contributed by atoms with Crippen molar-refractivity contribution in [3.05, 3.63) is 34.9 Å². The van der Waals surface area contributed by atoms with Crippen molar-refractivity contribution < 1.29 is 9.53 Å². The first kappa shape index (κ1) is 13.9. The van der Waals surface area contributed by atoms with Gasteiger partial charge in [-0.2, -0.15) is 0 Å². The van der Waals surface area contributed by atoms with E-state index in [-0.39, 0.29) is 5.78 Å². The predicted molar refractivity (Wildman–Crippen MR) is 70.6 cm³/mol. The predicted octanol–water partition coefficient (Wildman–Crippen LogP) is 3.69. The van der Waals surface area contributed by atoms with E-state index in [1.807, 2.05) is 46.8 Å². The van der Waals surface area contributed by atoms with Crippen LogP contribution in [0.25, 0.3) is 0 Å². The van der Waals surface area contributed by atoms with Gasteiger partial charge in [-0.3, -0.25) is 4.79 Å². The number of ketones is 1. The summed E-state index contributed by atoms with van der Waals surface area (Å²) in [6.45, 7) is 10.3. The molecule has 1 aromatic rings. The van der Waals surface area contributed by atoms with E-state index in [0.717, 1.165) is 16.7 Å². The first-order valence-electron chi connectivity index (χ1n) is 6.20. The van der Waals surface area contributed by atoms with Crippen LogP contribution < -0.4 is 0 Å². The van der Waals surface area contributed by atoms with Gasteiger partial charge < -0.3 is 4.74 Å². The highest BCUT2D eigenvalue weighted by Crippen LogP contribution is 2.23. The second kappa shape index (κ2) is 5.46. The van der Waals surface area contributed by atoms with Gasteiger partial charge in [0.15, 0.2) is 5.78 Å². The van der Waals surface area contributed by atoms with Gasteiger partial charge in [0, 0.05) is 12.2 Å². The van der Waals surface area contributed by atoms with E-state index in [0.29, 0.717) is 13.0 Å². The van der Waals surface area contributed by atoms with E-state index < -0.39 is 5.60 Å². The maximum atomic E-state index is 12.5. The molecular formula is C15H22O2. The monoisotopic (exact) mass is 234 g/mol.